The molecule has 0 spiro atoms. The maximum Gasteiger partial charge on any atom is 0.177 e. The van der Waals surface area contributed by atoms with Gasteiger partial charge in [0.1, 0.15) is 0 Å². The van der Waals surface area contributed by atoms with Crippen molar-refractivity contribution in [2.75, 3.05) is 42.7 Å². The fraction of sp³-hybridized carbons (Fsp3) is 0.571. The molecule has 0 aliphatic carbocycles. The van der Waals surface area contributed by atoms with E-state index in [4.69, 9.17) is 5.11 Å². The van der Waals surface area contributed by atoms with Crippen LogP contribution in [0.5, 0.6) is 0 Å². The van der Waals surface area contributed by atoms with Crippen LogP contribution in [0.2, 0.25) is 0 Å². The first-order valence-electron chi connectivity index (χ1n) is 7.03. The summed E-state index contributed by atoms with van der Waals surface area (Å²) in [5, 5.41) is 21.2. The van der Waals surface area contributed by atoms with Gasteiger partial charge in [-0.15, -0.1) is 0 Å². The largest absolute Gasteiger partial charge is 0.394 e. The summed E-state index contributed by atoms with van der Waals surface area (Å²) in [4.78, 5) is 2.40. The molecule has 1 saturated heterocycles. The van der Waals surface area contributed by atoms with Gasteiger partial charge in [-0.2, -0.15) is 0 Å². The van der Waals surface area contributed by atoms with Crippen molar-refractivity contribution in [3.63, 3.8) is 0 Å². The summed E-state index contributed by atoms with van der Waals surface area (Å²) in [6.45, 7) is 1.61. The van der Waals surface area contributed by atoms with E-state index >= 15 is 0 Å². The van der Waals surface area contributed by atoms with Crippen LogP contribution < -0.4 is 10.2 Å². The Hall–Kier alpha value is -1.31. The first-order valence-corrected chi connectivity index (χ1v) is 8.93. The normalized spacial score (nSPS) is 17.0. The molecule has 0 amide bonds. The molecule has 21 heavy (non-hydrogen) atoms. The van der Waals surface area contributed by atoms with Crippen LogP contribution in [0.1, 0.15) is 12.8 Å². The zero-order chi connectivity index (χ0) is 15.5. The molecule has 1 unspecified atom stereocenters. The van der Waals surface area contributed by atoms with Crippen LogP contribution >= 0.6 is 0 Å². The minimum absolute atomic E-state index is 0.216. The number of aliphatic hydroxyl groups is 2. The molecule has 1 aromatic rings. The van der Waals surface area contributed by atoms with Gasteiger partial charge in [-0.05, 0) is 31.0 Å². The number of rotatable bonds is 6. The molecule has 0 radical (unpaired) electrons. The molecule has 6 nitrogen and oxygen atoms in total. The summed E-state index contributed by atoms with van der Waals surface area (Å²) in [5.41, 5.74) is 1.44. The number of hydrogen-bond donors (Lipinski definition) is 3. The van der Waals surface area contributed by atoms with E-state index < -0.39 is 15.9 Å². The highest BCUT2D eigenvalue weighted by atomic mass is 32.2. The lowest BCUT2D eigenvalue weighted by Crippen LogP contribution is -2.24. The van der Waals surface area contributed by atoms with E-state index in [9.17, 15) is 13.5 Å². The molecule has 2 rings (SSSR count). The molecule has 0 bridgehead atoms. The zero-order valence-corrected chi connectivity index (χ0v) is 12.9. The Morgan fingerprint density at radius 2 is 2.00 bits per heavy atom. The lowest BCUT2D eigenvalue weighted by Gasteiger charge is -2.22. The molecule has 1 aliphatic rings. The quantitative estimate of drug-likeness (QED) is 0.706. The molecule has 118 valence electrons. The molecule has 3 N–H and O–H groups in total. The highest BCUT2D eigenvalue weighted by Crippen LogP contribution is 2.31. The monoisotopic (exact) mass is 314 g/mol. The van der Waals surface area contributed by atoms with Crippen LogP contribution in [0.3, 0.4) is 0 Å². The van der Waals surface area contributed by atoms with Crippen LogP contribution in [-0.2, 0) is 9.84 Å². The second-order valence-corrected chi connectivity index (χ2v) is 7.35. The Bertz CT molecular complexity index is 583. The molecule has 0 saturated carbocycles. The lowest BCUT2D eigenvalue weighted by atomic mass is 10.2. The Balaban J connectivity index is 2.28. The van der Waals surface area contributed by atoms with Gasteiger partial charge < -0.3 is 20.4 Å². The van der Waals surface area contributed by atoms with Crippen LogP contribution in [-0.4, -0.2) is 57.2 Å². The van der Waals surface area contributed by atoms with Crippen LogP contribution in [0, 0.1) is 0 Å². The third kappa shape index (κ3) is 4.09. The minimum atomic E-state index is -3.28. The maximum atomic E-state index is 11.9. The number of nitrogens with one attached hydrogen (secondary N) is 1. The maximum absolute atomic E-state index is 11.9. The van der Waals surface area contributed by atoms with Crippen molar-refractivity contribution in [2.45, 2.75) is 23.8 Å². The standard InChI is InChI=1S/C14H22N2O4S/c1-21(19,20)14-5-4-11(15-9-12(18)10-17)8-13(14)16-6-2-3-7-16/h4-5,8,12,15,17-18H,2-3,6-7,9-10H2,1H3. The third-order valence-corrected chi connectivity index (χ3v) is 4.70. The van der Waals surface area contributed by atoms with Crippen LogP contribution in [0.25, 0.3) is 0 Å². The molecule has 7 heteroatoms. The smallest absolute Gasteiger partial charge is 0.177 e. The average molecular weight is 314 g/mol. The molecular formula is C14H22N2O4S. The Morgan fingerprint density at radius 3 is 2.57 bits per heavy atom. The average Bonchev–Trinajstić information content (AvgIpc) is 2.97. The van der Waals surface area contributed by atoms with Crippen molar-refractivity contribution in [3.8, 4) is 0 Å². The number of sulfone groups is 1. The number of aliphatic hydroxyl groups excluding tert-OH is 2. The Morgan fingerprint density at radius 1 is 1.33 bits per heavy atom. The summed E-state index contributed by atoms with van der Waals surface area (Å²) in [7, 11) is -3.28. The molecule has 0 aromatic heterocycles. The van der Waals surface area contributed by atoms with Gasteiger partial charge in [0.25, 0.3) is 0 Å². The van der Waals surface area contributed by atoms with Crippen molar-refractivity contribution >= 4 is 21.2 Å². The highest BCUT2D eigenvalue weighted by molar-refractivity contribution is 7.90. The van der Waals surface area contributed by atoms with Crippen LogP contribution in [0.15, 0.2) is 23.1 Å². The topological polar surface area (TPSA) is 89.9 Å². The van der Waals surface area contributed by atoms with Gasteiger partial charge in [0.2, 0.25) is 0 Å². The van der Waals surface area contributed by atoms with Crippen molar-refractivity contribution < 1.29 is 18.6 Å². The predicted octanol–water partition coefficient (Wildman–Crippen LogP) is 0.455. The molecule has 1 aromatic carbocycles. The van der Waals surface area contributed by atoms with E-state index in [-0.39, 0.29) is 13.2 Å². The number of nitrogens with zero attached hydrogens (tertiary/aromatic N) is 1. The summed E-state index contributed by atoms with van der Waals surface area (Å²) in [6.07, 6.45) is 2.49. The van der Waals surface area contributed by atoms with Crippen molar-refractivity contribution in [3.05, 3.63) is 18.2 Å². The van der Waals surface area contributed by atoms with E-state index in [1.165, 1.54) is 6.26 Å². The van der Waals surface area contributed by atoms with Gasteiger partial charge in [-0.25, -0.2) is 8.42 Å². The predicted molar refractivity (Wildman–Crippen MR) is 82.6 cm³/mol. The van der Waals surface area contributed by atoms with E-state index in [2.05, 4.69) is 10.2 Å². The van der Waals surface area contributed by atoms with Gasteiger partial charge in [0, 0.05) is 31.6 Å². The summed E-state index contributed by atoms with van der Waals surface area (Å²) in [6, 6.07) is 5.07. The van der Waals surface area contributed by atoms with Crippen LogP contribution in [0.4, 0.5) is 11.4 Å². The molecule has 1 fully saturated rings. The number of benzene rings is 1. The van der Waals surface area contributed by atoms with E-state index in [1.807, 2.05) is 0 Å². The summed E-state index contributed by atoms with van der Waals surface area (Å²) >= 11 is 0. The highest BCUT2D eigenvalue weighted by Gasteiger charge is 2.21. The van der Waals surface area contributed by atoms with Gasteiger partial charge in [-0.1, -0.05) is 0 Å². The molecule has 1 atom stereocenters. The molecular weight excluding hydrogens is 292 g/mol. The molecule has 1 aliphatic heterocycles. The Labute approximate surface area is 125 Å². The number of hydrogen-bond acceptors (Lipinski definition) is 6. The SMILES string of the molecule is CS(=O)(=O)c1ccc(NCC(O)CO)cc1N1CCCC1. The fourth-order valence-electron chi connectivity index (χ4n) is 2.45. The van der Waals surface area contributed by atoms with E-state index in [0.717, 1.165) is 31.6 Å². The van der Waals surface area contributed by atoms with Crippen molar-refractivity contribution in [1.29, 1.82) is 0 Å². The van der Waals surface area contributed by atoms with E-state index in [0.29, 0.717) is 10.6 Å². The zero-order valence-electron chi connectivity index (χ0n) is 12.1. The fourth-order valence-corrected chi connectivity index (χ4v) is 3.33. The first kappa shape index (κ1) is 16.1. The minimum Gasteiger partial charge on any atom is -0.394 e. The first-order chi connectivity index (χ1) is 9.91. The number of anilines is 2. The second kappa shape index (κ2) is 6.64. The third-order valence-electron chi connectivity index (χ3n) is 3.56. The molecule has 1 heterocycles. The van der Waals surface area contributed by atoms with E-state index in [1.54, 1.807) is 18.2 Å². The van der Waals surface area contributed by atoms with Gasteiger partial charge in [-0.3, -0.25) is 0 Å². The lowest BCUT2D eigenvalue weighted by molar-refractivity contribution is 0.105. The van der Waals surface area contributed by atoms with Crippen molar-refractivity contribution in [1.82, 2.24) is 0 Å². The van der Waals surface area contributed by atoms with Crippen molar-refractivity contribution in [2.24, 2.45) is 0 Å². The summed E-state index contributed by atoms with van der Waals surface area (Å²) in [5.74, 6) is 0. The van der Waals surface area contributed by atoms with Gasteiger partial charge in [0.15, 0.2) is 9.84 Å². The second-order valence-electron chi connectivity index (χ2n) is 5.37. The Kier molecular flexibility index (Phi) is 5.08. The van der Waals surface area contributed by atoms with Gasteiger partial charge >= 0.3 is 0 Å². The summed E-state index contributed by atoms with van der Waals surface area (Å²) < 4.78 is 23.8. The van der Waals surface area contributed by atoms with Gasteiger partial charge in [0.05, 0.1) is 23.3 Å².